The number of nitrogens with two attached hydrogens (primary N) is 1. The van der Waals surface area contributed by atoms with Gasteiger partial charge < -0.3 is 21.5 Å². The Hall–Kier alpha value is -1.14. The first kappa shape index (κ1) is 14.9. The molecule has 94 valence electrons. The van der Waals surface area contributed by atoms with Gasteiger partial charge in [-0.05, 0) is 12.8 Å². The third-order valence-corrected chi connectivity index (χ3v) is 2.34. The van der Waals surface area contributed by atoms with E-state index in [-0.39, 0.29) is 25.0 Å². The molecule has 0 fully saturated rings. The zero-order chi connectivity index (χ0) is 12.7. The molecule has 0 heterocycles. The molecule has 5 N–H and O–H groups in total. The molecule has 0 aromatic carbocycles. The topological polar surface area (TPSA) is 104 Å². The highest BCUT2D eigenvalue weighted by Gasteiger charge is 2.12. The maximum absolute atomic E-state index is 11.3. The number of hydrogen-bond acceptors (Lipinski definition) is 4. The van der Waals surface area contributed by atoms with Gasteiger partial charge in [-0.25, -0.2) is 0 Å². The fourth-order valence-electron chi connectivity index (χ4n) is 0.895. The number of amides is 2. The summed E-state index contributed by atoms with van der Waals surface area (Å²) in [5.74, 6) is -0.610. The van der Waals surface area contributed by atoms with E-state index in [0.717, 1.165) is 0 Å². The van der Waals surface area contributed by atoms with Crippen LogP contribution in [0.25, 0.3) is 0 Å². The number of hydrogen-bond donors (Lipinski definition) is 4. The molecular formula is C10H21N3O3. The summed E-state index contributed by atoms with van der Waals surface area (Å²) < 4.78 is 0. The maximum atomic E-state index is 11.3. The van der Waals surface area contributed by atoms with Crippen molar-refractivity contribution in [3.05, 3.63) is 0 Å². The zero-order valence-electron chi connectivity index (χ0n) is 9.99. The largest absolute Gasteiger partial charge is 0.382 e. The predicted octanol–water partition coefficient (Wildman–Crippen LogP) is -1.42. The molecule has 2 amide bonds. The molecule has 16 heavy (non-hydrogen) atoms. The van der Waals surface area contributed by atoms with Crippen molar-refractivity contribution in [1.29, 1.82) is 0 Å². The summed E-state index contributed by atoms with van der Waals surface area (Å²) >= 11 is 0. The minimum atomic E-state index is -1.25. The fraction of sp³-hybridized carbons (Fsp3) is 0.800. The number of aliphatic hydroxyl groups is 1. The van der Waals surface area contributed by atoms with Crippen LogP contribution >= 0.6 is 0 Å². The van der Waals surface area contributed by atoms with Crippen molar-refractivity contribution < 1.29 is 14.7 Å². The van der Waals surface area contributed by atoms with Crippen LogP contribution in [-0.2, 0) is 9.59 Å². The van der Waals surface area contributed by atoms with Gasteiger partial charge in [-0.1, -0.05) is 13.8 Å². The molecule has 6 nitrogen and oxygen atoms in total. The second kappa shape index (κ2) is 7.19. The molecule has 0 aromatic heterocycles. The Bertz CT molecular complexity index is 243. The Morgan fingerprint density at radius 3 is 2.31 bits per heavy atom. The van der Waals surface area contributed by atoms with E-state index in [9.17, 15) is 9.59 Å². The van der Waals surface area contributed by atoms with E-state index in [2.05, 4.69) is 10.6 Å². The van der Waals surface area contributed by atoms with Gasteiger partial charge in [-0.3, -0.25) is 9.59 Å². The molecule has 0 aliphatic carbocycles. The van der Waals surface area contributed by atoms with Gasteiger partial charge >= 0.3 is 0 Å². The molecule has 0 aliphatic heterocycles. The van der Waals surface area contributed by atoms with E-state index in [4.69, 9.17) is 10.8 Å². The van der Waals surface area contributed by atoms with Crippen LogP contribution in [0.4, 0.5) is 0 Å². The molecule has 0 radical (unpaired) electrons. The SMILES string of the molecule is CC(C)C(C)NC(=O)CNCC(O)C(N)=O. The predicted molar refractivity (Wildman–Crippen MR) is 60.5 cm³/mol. The van der Waals surface area contributed by atoms with Crippen molar-refractivity contribution in [2.75, 3.05) is 13.1 Å². The van der Waals surface area contributed by atoms with Gasteiger partial charge in [0, 0.05) is 12.6 Å². The molecule has 2 atom stereocenters. The number of primary amides is 1. The lowest BCUT2D eigenvalue weighted by atomic mass is 10.1. The highest BCUT2D eigenvalue weighted by Crippen LogP contribution is 1.98. The molecular weight excluding hydrogens is 210 g/mol. The Morgan fingerprint density at radius 2 is 1.88 bits per heavy atom. The van der Waals surface area contributed by atoms with Crippen LogP contribution < -0.4 is 16.4 Å². The number of carbonyl (C=O) groups is 2. The van der Waals surface area contributed by atoms with Gasteiger partial charge in [0.15, 0.2) is 0 Å². The average Bonchev–Trinajstić information content (AvgIpc) is 2.16. The molecule has 2 unspecified atom stereocenters. The quantitative estimate of drug-likeness (QED) is 0.432. The fourth-order valence-corrected chi connectivity index (χ4v) is 0.895. The second-order valence-corrected chi connectivity index (χ2v) is 4.15. The third-order valence-electron chi connectivity index (χ3n) is 2.34. The molecule has 0 aromatic rings. The first-order valence-electron chi connectivity index (χ1n) is 5.32. The van der Waals surface area contributed by atoms with Gasteiger partial charge in [0.25, 0.3) is 0 Å². The van der Waals surface area contributed by atoms with Gasteiger partial charge in [-0.15, -0.1) is 0 Å². The third kappa shape index (κ3) is 6.36. The highest BCUT2D eigenvalue weighted by atomic mass is 16.3. The van der Waals surface area contributed by atoms with E-state index in [1.54, 1.807) is 0 Å². The highest BCUT2D eigenvalue weighted by molar-refractivity contribution is 5.79. The summed E-state index contributed by atoms with van der Waals surface area (Å²) in [5.41, 5.74) is 4.84. The summed E-state index contributed by atoms with van der Waals surface area (Å²) in [6.07, 6.45) is -1.25. The minimum absolute atomic E-state index is 0.0151. The summed E-state index contributed by atoms with van der Waals surface area (Å²) in [5, 5.41) is 14.5. The van der Waals surface area contributed by atoms with Crippen LogP contribution in [0.2, 0.25) is 0 Å². The number of rotatable bonds is 7. The van der Waals surface area contributed by atoms with Gasteiger partial charge in [0.05, 0.1) is 6.54 Å². The zero-order valence-corrected chi connectivity index (χ0v) is 9.99. The molecule has 6 heteroatoms. The maximum Gasteiger partial charge on any atom is 0.247 e. The van der Waals surface area contributed by atoms with Crippen LogP contribution in [0.1, 0.15) is 20.8 Å². The van der Waals surface area contributed by atoms with E-state index in [0.29, 0.717) is 5.92 Å². The van der Waals surface area contributed by atoms with Gasteiger partial charge in [0.2, 0.25) is 11.8 Å². The van der Waals surface area contributed by atoms with Crippen LogP contribution in [0.5, 0.6) is 0 Å². The Morgan fingerprint density at radius 1 is 1.31 bits per heavy atom. The molecule has 0 saturated carbocycles. The summed E-state index contributed by atoms with van der Waals surface area (Å²) in [7, 11) is 0. The van der Waals surface area contributed by atoms with E-state index in [1.165, 1.54) is 0 Å². The lowest BCUT2D eigenvalue weighted by Crippen LogP contribution is -2.44. The van der Waals surface area contributed by atoms with Crippen molar-refractivity contribution in [2.45, 2.75) is 32.9 Å². The minimum Gasteiger partial charge on any atom is -0.382 e. The molecule has 0 rings (SSSR count). The van der Waals surface area contributed by atoms with Crippen LogP contribution in [-0.4, -0.2) is 42.2 Å². The Kier molecular flexibility index (Phi) is 6.67. The van der Waals surface area contributed by atoms with Crippen LogP contribution in [0, 0.1) is 5.92 Å². The van der Waals surface area contributed by atoms with E-state index in [1.807, 2.05) is 20.8 Å². The Balaban J connectivity index is 3.70. The first-order chi connectivity index (χ1) is 7.34. The molecule has 0 saturated heterocycles. The van der Waals surface area contributed by atoms with Gasteiger partial charge in [0.1, 0.15) is 6.10 Å². The Labute approximate surface area is 95.6 Å². The normalized spacial score (nSPS) is 14.6. The molecule has 0 bridgehead atoms. The van der Waals surface area contributed by atoms with Gasteiger partial charge in [-0.2, -0.15) is 0 Å². The lowest BCUT2D eigenvalue weighted by molar-refractivity contribution is -0.126. The first-order valence-corrected chi connectivity index (χ1v) is 5.32. The smallest absolute Gasteiger partial charge is 0.247 e. The number of nitrogens with one attached hydrogen (secondary N) is 2. The summed E-state index contributed by atoms with van der Waals surface area (Å²) in [6, 6.07) is 0.0929. The van der Waals surface area contributed by atoms with Crippen LogP contribution in [0.15, 0.2) is 0 Å². The van der Waals surface area contributed by atoms with E-state index >= 15 is 0 Å². The summed E-state index contributed by atoms with van der Waals surface area (Å²) in [6.45, 7) is 5.98. The summed E-state index contributed by atoms with van der Waals surface area (Å²) in [4.78, 5) is 21.8. The average molecular weight is 231 g/mol. The standard InChI is InChI=1S/C10H21N3O3/c1-6(2)7(3)13-9(15)5-12-4-8(14)10(11)16/h6-8,12,14H,4-5H2,1-3H3,(H2,11,16)(H,13,15). The van der Waals surface area contributed by atoms with E-state index < -0.39 is 12.0 Å². The number of aliphatic hydroxyl groups excluding tert-OH is 1. The van der Waals surface area contributed by atoms with Crippen molar-refractivity contribution in [3.63, 3.8) is 0 Å². The van der Waals surface area contributed by atoms with Crippen LogP contribution in [0.3, 0.4) is 0 Å². The second-order valence-electron chi connectivity index (χ2n) is 4.15. The lowest BCUT2D eigenvalue weighted by Gasteiger charge is -2.17. The molecule has 0 aliphatic rings. The molecule has 0 spiro atoms. The van der Waals surface area contributed by atoms with Crippen molar-refractivity contribution in [3.8, 4) is 0 Å². The van der Waals surface area contributed by atoms with Crippen molar-refractivity contribution >= 4 is 11.8 Å². The monoisotopic (exact) mass is 231 g/mol. The van der Waals surface area contributed by atoms with Crippen molar-refractivity contribution in [2.24, 2.45) is 11.7 Å². The van der Waals surface area contributed by atoms with Crippen molar-refractivity contribution in [1.82, 2.24) is 10.6 Å². The number of carbonyl (C=O) groups excluding carboxylic acids is 2.